The maximum atomic E-state index is 13.2. The Kier molecular flexibility index (Phi) is 4.90. The van der Waals surface area contributed by atoms with Crippen molar-refractivity contribution in [2.24, 2.45) is 5.92 Å². The van der Waals surface area contributed by atoms with Gasteiger partial charge in [-0.05, 0) is 48.4 Å². The van der Waals surface area contributed by atoms with E-state index in [0.29, 0.717) is 24.7 Å². The highest BCUT2D eigenvalue weighted by molar-refractivity contribution is 7.17. The van der Waals surface area contributed by atoms with Crippen molar-refractivity contribution in [2.45, 2.75) is 39.8 Å². The predicted octanol–water partition coefficient (Wildman–Crippen LogP) is 4.73. The van der Waals surface area contributed by atoms with Gasteiger partial charge in [-0.3, -0.25) is 9.78 Å². The second-order valence-electron chi connectivity index (χ2n) is 8.26. The number of pyridine rings is 1. The molecule has 1 aliphatic heterocycles. The summed E-state index contributed by atoms with van der Waals surface area (Å²) in [4.78, 5) is 27.7. The number of hydrogen-bond donors (Lipinski definition) is 1. The number of rotatable bonds is 5. The number of hydrogen-bond acceptors (Lipinski definition) is 4. The molecule has 0 saturated heterocycles. The smallest absolute Gasteiger partial charge is 0.270 e. The first kappa shape index (κ1) is 19.1. The average Bonchev–Trinajstić information content (AvgIpc) is 3.45. The zero-order valence-corrected chi connectivity index (χ0v) is 18.1. The molecule has 0 atom stereocenters. The van der Waals surface area contributed by atoms with Crippen LogP contribution in [0.1, 0.15) is 42.1 Å². The van der Waals surface area contributed by atoms with Crippen LogP contribution in [0.2, 0.25) is 0 Å². The van der Waals surface area contributed by atoms with Gasteiger partial charge in [0.1, 0.15) is 11.5 Å². The highest BCUT2D eigenvalue weighted by atomic mass is 32.1. The number of nitrogens with zero attached hydrogens (tertiary/aromatic N) is 4. The minimum Gasteiger partial charge on any atom is -0.350 e. The van der Waals surface area contributed by atoms with Crippen LogP contribution in [0.15, 0.2) is 42.0 Å². The Bertz CT molecular complexity index is 1160. The standard InChI is InChI=1S/C23H25N5OS/c1-15(2)5-6-17-20-14-27(23(29)19-12-21-18(25-19)7-11-30-21)9-10-28(20)22(26-17)16-4-3-8-24-13-16/h3-4,7-8,11-13,15,25H,5-6,9-10,14H2,1-2H3. The lowest BCUT2D eigenvalue weighted by molar-refractivity contribution is 0.0706. The molecule has 0 unspecified atom stereocenters. The molecular weight excluding hydrogens is 394 g/mol. The summed E-state index contributed by atoms with van der Waals surface area (Å²) in [5.41, 5.74) is 4.98. The number of aromatic nitrogens is 4. The van der Waals surface area contributed by atoms with Crippen molar-refractivity contribution in [3.8, 4) is 11.4 Å². The lowest BCUT2D eigenvalue weighted by atomic mass is 10.0. The first-order chi connectivity index (χ1) is 14.6. The molecule has 1 amide bonds. The zero-order valence-electron chi connectivity index (χ0n) is 17.3. The first-order valence-electron chi connectivity index (χ1n) is 10.4. The molecule has 0 spiro atoms. The Hall–Kier alpha value is -2.93. The van der Waals surface area contributed by atoms with Crippen molar-refractivity contribution in [3.05, 3.63) is 59.1 Å². The topological polar surface area (TPSA) is 66.8 Å². The third kappa shape index (κ3) is 3.43. The largest absolute Gasteiger partial charge is 0.350 e. The Morgan fingerprint density at radius 1 is 1.30 bits per heavy atom. The zero-order chi connectivity index (χ0) is 20.7. The van der Waals surface area contributed by atoms with Gasteiger partial charge in [0.15, 0.2) is 0 Å². The summed E-state index contributed by atoms with van der Waals surface area (Å²) < 4.78 is 3.40. The summed E-state index contributed by atoms with van der Waals surface area (Å²) in [5.74, 6) is 1.63. The van der Waals surface area contributed by atoms with E-state index in [2.05, 4.69) is 34.4 Å². The molecule has 4 aromatic rings. The monoisotopic (exact) mass is 419 g/mol. The molecule has 0 aliphatic carbocycles. The third-order valence-electron chi connectivity index (χ3n) is 5.73. The maximum absolute atomic E-state index is 13.2. The summed E-state index contributed by atoms with van der Waals surface area (Å²) in [6, 6.07) is 7.99. The van der Waals surface area contributed by atoms with Gasteiger partial charge in [0.05, 0.1) is 28.1 Å². The molecule has 30 heavy (non-hydrogen) atoms. The maximum Gasteiger partial charge on any atom is 0.270 e. The van der Waals surface area contributed by atoms with Gasteiger partial charge < -0.3 is 14.5 Å². The molecule has 1 aliphatic rings. The Balaban J connectivity index is 1.47. The van der Waals surface area contributed by atoms with E-state index < -0.39 is 0 Å². The quantitative estimate of drug-likeness (QED) is 0.508. The molecule has 5 heterocycles. The van der Waals surface area contributed by atoms with Gasteiger partial charge in [-0.2, -0.15) is 0 Å². The minimum absolute atomic E-state index is 0.0589. The lowest BCUT2D eigenvalue weighted by Crippen LogP contribution is -2.38. The van der Waals surface area contributed by atoms with E-state index in [0.717, 1.165) is 52.4 Å². The van der Waals surface area contributed by atoms with E-state index in [1.807, 2.05) is 34.7 Å². The van der Waals surface area contributed by atoms with Crippen molar-refractivity contribution in [3.63, 3.8) is 0 Å². The van der Waals surface area contributed by atoms with E-state index in [4.69, 9.17) is 4.98 Å². The summed E-state index contributed by atoms with van der Waals surface area (Å²) in [5, 5.41) is 2.04. The summed E-state index contributed by atoms with van der Waals surface area (Å²) in [6.45, 7) is 6.47. The molecule has 0 fully saturated rings. The Morgan fingerprint density at radius 3 is 2.97 bits per heavy atom. The second kappa shape index (κ2) is 7.72. The van der Waals surface area contributed by atoms with E-state index in [1.165, 1.54) is 0 Å². The fraction of sp³-hybridized carbons (Fsp3) is 0.348. The molecule has 154 valence electrons. The van der Waals surface area contributed by atoms with Crippen LogP contribution >= 0.6 is 11.3 Å². The van der Waals surface area contributed by atoms with Gasteiger partial charge in [0.2, 0.25) is 0 Å². The van der Waals surface area contributed by atoms with Crippen molar-refractivity contribution >= 4 is 27.5 Å². The number of carbonyl (C=O) groups is 1. The van der Waals surface area contributed by atoms with E-state index in [-0.39, 0.29) is 5.91 Å². The molecule has 1 N–H and O–H groups in total. The summed E-state index contributed by atoms with van der Waals surface area (Å²) >= 11 is 1.65. The molecule has 0 saturated carbocycles. The molecule has 6 nitrogen and oxygen atoms in total. The molecule has 5 rings (SSSR count). The van der Waals surface area contributed by atoms with Gasteiger partial charge in [-0.15, -0.1) is 11.3 Å². The number of carbonyl (C=O) groups excluding carboxylic acids is 1. The number of H-pyrrole nitrogens is 1. The Labute approximate surface area is 179 Å². The van der Waals surface area contributed by atoms with Crippen LogP contribution in [0.3, 0.4) is 0 Å². The Morgan fingerprint density at radius 2 is 2.20 bits per heavy atom. The second-order valence-corrected chi connectivity index (χ2v) is 9.21. The van der Waals surface area contributed by atoms with Crippen molar-refractivity contribution in [2.75, 3.05) is 6.54 Å². The summed E-state index contributed by atoms with van der Waals surface area (Å²) in [6.07, 6.45) is 5.65. The van der Waals surface area contributed by atoms with Gasteiger partial charge in [-0.1, -0.05) is 13.8 Å². The number of amides is 1. The normalized spacial score (nSPS) is 13.9. The summed E-state index contributed by atoms with van der Waals surface area (Å²) in [7, 11) is 0. The number of aromatic amines is 1. The van der Waals surface area contributed by atoms with Crippen LogP contribution in [-0.2, 0) is 19.5 Å². The third-order valence-corrected chi connectivity index (χ3v) is 6.59. The van der Waals surface area contributed by atoms with Crippen LogP contribution < -0.4 is 0 Å². The minimum atomic E-state index is 0.0589. The van der Waals surface area contributed by atoms with Crippen LogP contribution in [0.5, 0.6) is 0 Å². The van der Waals surface area contributed by atoms with Gasteiger partial charge in [0, 0.05) is 31.0 Å². The van der Waals surface area contributed by atoms with Crippen molar-refractivity contribution < 1.29 is 4.79 Å². The average molecular weight is 420 g/mol. The molecule has 4 aromatic heterocycles. The fourth-order valence-corrected chi connectivity index (χ4v) is 4.87. The van der Waals surface area contributed by atoms with Gasteiger partial charge in [0.25, 0.3) is 5.91 Å². The lowest BCUT2D eigenvalue weighted by Gasteiger charge is -2.29. The van der Waals surface area contributed by atoms with Crippen molar-refractivity contribution in [1.29, 1.82) is 0 Å². The fourth-order valence-electron chi connectivity index (χ4n) is 4.08. The molecular formula is C23H25N5OS. The number of aryl methyl sites for hydroxylation is 1. The van der Waals surface area contributed by atoms with Crippen LogP contribution in [0.4, 0.5) is 0 Å². The molecule has 0 aromatic carbocycles. The van der Waals surface area contributed by atoms with Crippen LogP contribution in [-0.4, -0.2) is 36.9 Å². The van der Waals surface area contributed by atoms with E-state index in [1.54, 1.807) is 17.5 Å². The number of nitrogens with one attached hydrogen (secondary N) is 1. The number of imidazole rings is 1. The highest BCUT2D eigenvalue weighted by Crippen LogP contribution is 2.29. The van der Waals surface area contributed by atoms with E-state index >= 15 is 0 Å². The van der Waals surface area contributed by atoms with E-state index in [9.17, 15) is 4.79 Å². The van der Waals surface area contributed by atoms with Crippen molar-refractivity contribution in [1.82, 2.24) is 24.4 Å². The van der Waals surface area contributed by atoms with Gasteiger partial charge >= 0.3 is 0 Å². The highest BCUT2D eigenvalue weighted by Gasteiger charge is 2.28. The molecule has 0 radical (unpaired) electrons. The SMILES string of the molecule is CC(C)CCc1nc(-c2cccnc2)n2c1CN(C(=O)c1cc3sccc3[nH]1)CC2. The molecule has 0 bridgehead atoms. The van der Waals surface area contributed by atoms with Crippen LogP contribution in [0, 0.1) is 5.92 Å². The van der Waals surface area contributed by atoms with Crippen LogP contribution in [0.25, 0.3) is 21.6 Å². The number of fused-ring (bicyclic) bond motifs is 2. The number of thiophene rings is 1. The molecule has 7 heteroatoms. The van der Waals surface area contributed by atoms with Gasteiger partial charge in [-0.25, -0.2) is 4.98 Å². The first-order valence-corrected chi connectivity index (χ1v) is 11.3. The predicted molar refractivity (Wildman–Crippen MR) is 120 cm³/mol.